The van der Waals surface area contributed by atoms with Gasteiger partial charge in [-0.15, -0.1) is 5.10 Å². The van der Waals surface area contributed by atoms with Gasteiger partial charge in [0, 0.05) is 6.54 Å². The SMILES string of the molecule is Cc1ccc(N2CCCC2c2nc3ccccc3c(=O)n2CCO)nn1. The molecule has 0 spiro atoms. The lowest BCUT2D eigenvalue weighted by Gasteiger charge is -2.27. The number of aromatic nitrogens is 4. The number of hydrogen-bond acceptors (Lipinski definition) is 6. The van der Waals surface area contributed by atoms with Gasteiger partial charge in [-0.1, -0.05) is 12.1 Å². The topological polar surface area (TPSA) is 84.1 Å². The minimum Gasteiger partial charge on any atom is -0.395 e. The molecule has 26 heavy (non-hydrogen) atoms. The van der Waals surface area contributed by atoms with E-state index < -0.39 is 0 Å². The van der Waals surface area contributed by atoms with E-state index in [0.29, 0.717) is 16.7 Å². The Morgan fingerprint density at radius 2 is 2.04 bits per heavy atom. The largest absolute Gasteiger partial charge is 0.395 e. The minimum atomic E-state index is -0.110. The van der Waals surface area contributed by atoms with Gasteiger partial charge in [-0.25, -0.2) is 4.98 Å². The summed E-state index contributed by atoms with van der Waals surface area (Å²) >= 11 is 0. The van der Waals surface area contributed by atoms with Gasteiger partial charge >= 0.3 is 0 Å². The van der Waals surface area contributed by atoms with E-state index in [1.54, 1.807) is 10.6 Å². The number of benzene rings is 1. The predicted molar refractivity (Wildman–Crippen MR) is 99.2 cm³/mol. The number of nitrogens with zero attached hydrogens (tertiary/aromatic N) is 5. The Hall–Kier alpha value is -2.80. The third-order valence-electron chi connectivity index (χ3n) is 4.84. The fourth-order valence-corrected chi connectivity index (χ4v) is 3.61. The van der Waals surface area contributed by atoms with Gasteiger partial charge < -0.3 is 10.0 Å². The van der Waals surface area contributed by atoms with Gasteiger partial charge in [0.25, 0.3) is 5.56 Å². The molecule has 0 saturated carbocycles. The molecule has 1 fully saturated rings. The van der Waals surface area contributed by atoms with Gasteiger partial charge in [-0.05, 0) is 44.0 Å². The molecule has 1 unspecified atom stereocenters. The third kappa shape index (κ3) is 2.84. The summed E-state index contributed by atoms with van der Waals surface area (Å²) < 4.78 is 1.60. The number of aryl methyl sites for hydroxylation is 1. The summed E-state index contributed by atoms with van der Waals surface area (Å²) in [6.45, 7) is 2.87. The Labute approximate surface area is 150 Å². The molecule has 0 bridgehead atoms. The molecular weight excluding hydrogens is 330 g/mol. The Morgan fingerprint density at radius 3 is 2.81 bits per heavy atom. The quantitative estimate of drug-likeness (QED) is 0.772. The van der Waals surface area contributed by atoms with Crippen molar-refractivity contribution in [1.82, 2.24) is 19.7 Å². The maximum Gasteiger partial charge on any atom is 0.261 e. The summed E-state index contributed by atoms with van der Waals surface area (Å²) in [5, 5.41) is 18.5. The Balaban J connectivity index is 1.85. The standard InChI is InChI=1S/C19H21N5O2/c1-13-8-9-17(22-21-13)23-10-4-7-16(23)18-20-15-6-3-2-5-14(15)19(26)24(18)11-12-25/h2-3,5-6,8-9,16,25H,4,7,10-12H2,1H3. The number of hydrogen-bond donors (Lipinski definition) is 1. The maximum absolute atomic E-state index is 12.9. The normalized spacial score (nSPS) is 17.2. The molecule has 3 aromatic rings. The van der Waals surface area contributed by atoms with Crippen LogP contribution in [0.5, 0.6) is 0 Å². The molecule has 1 N–H and O–H groups in total. The summed E-state index contributed by atoms with van der Waals surface area (Å²) in [5.74, 6) is 1.47. The van der Waals surface area contributed by atoms with Crippen molar-refractivity contribution in [3.05, 3.63) is 58.3 Å². The first-order valence-electron chi connectivity index (χ1n) is 8.86. The van der Waals surface area contributed by atoms with Crippen molar-refractivity contribution in [3.63, 3.8) is 0 Å². The number of rotatable bonds is 4. The average Bonchev–Trinajstić information content (AvgIpc) is 3.14. The van der Waals surface area contributed by atoms with Crippen molar-refractivity contribution in [2.75, 3.05) is 18.1 Å². The lowest BCUT2D eigenvalue weighted by Crippen LogP contribution is -2.33. The molecule has 3 heterocycles. The zero-order valence-corrected chi connectivity index (χ0v) is 14.7. The number of aliphatic hydroxyl groups is 1. The molecule has 7 nitrogen and oxygen atoms in total. The second-order valence-electron chi connectivity index (χ2n) is 6.55. The molecule has 7 heteroatoms. The smallest absolute Gasteiger partial charge is 0.261 e. The molecule has 134 valence electrons. The van der Waals surface area contributed by atoms with E-state index in [-0.39, 0.29) is 24.8 Å². The fraction of sp³-hybridized carbons (Fsp3) is 0.368. The Morgan fingerprint density at radius 1 is 1.19 bits per heavy atom. The van der Waals surface area contributed by atoms with Crippen molar-refractivity contribution in [1.29, 1.82) is 0 Å². The van der Waals surface area contributed by atoms with Crippen molar-refractivity contribution in [2.24, 2.45) is 0 Å². The van der Waals surface area contributed by atoms with Gasteiger partial charge in [-0.3, -0.25) is 9.36 Å². The molecule has 1 atom stereocenters. The maximum atomic E-state index is 12.9. The predicted octanol–water partition coefficient (Wildman–Crippen LogP) is 1.83. The van der Waals surface area contributed by atoms with E-state index in [9.17, 15) is 9.90 Å². The molecule has 1 saturated heterocycles. The van der Waals surface area contributed by atoms with E-state index in [0.717, 1.165) is 30.9 Å². The third-order valence-corrected chi connectivity index (χ3v) is 4.84. The van der Waals surface area contributed by atoms with Gasteiger partial charge in [0.05, 0.1) is 35.8 Å². The summed E-state index contributed by atoms with van der Waals surface area (Å²) in [4.78, 5) is 19.9. The molecule has 0 aliphatic carbocycles. The number of aliphatic hydroxyl groups excluding tert-OH is 1. The summed E-state index contributed by atoms with van der Waals surface area (Å²) in [5.41, 5.74) is 1.44. The van der Waals surface area contributed by atoms with Crippen molar-refractivity contribution >= 4 is 16.7 Å². The highest BCUT2D eigenvalue weighted by atomic mass is 16.3. The van der Waals surface area contributed by atoms with Crippen LogP contribution >= 0.6 is 0 Å². The van der Waals surface area contributed by atoms with Crippen LogP contribution in [0, 0.1) is 6.92 Å². The van der Waals surface area contributed by atoms with Crippen LogP contribution in [0.4, 0.5) is 5.82 Å². The van der Waals surface area contributed by atoms with Crippen molar-refractivity contribution in [3.8, 4) is 0 Å². The van der Waals surface area contributed by atoms with E-state index in [4.69, 9.17) is 4.98 Å². The van der Waals surface area contributed by atoms with Gasteiger partial charge in [0.2, 0.25) is 0 Å². The molecule has 1 aliphatic heterocycles. The fourth-order valence-electron chi connectivity index (χ4n) is 3.61. The molecule has 2 aromatic heterocycles. The van der Waals surface area contributed by atoms with E-state index in [1.165, 1.54) is 0 Å². The first-order chi connectivity index (χ1) is 12.7. The van der Waals surface area contributed by atoms with E-state index in [1.807, 2.05) is 37.3 Å². The van der Waals surface area contributed by atoms with Crippen LogP contribution in [0.25, 0.3) is 10.9 Å². The summed E-state index contributed by atoms with van der Waals surface area (Å²) in [7, 11) is 0. The minimum absolute atomic E-state index is 0.0594. The van der Waals surface area contributed by atoms with Crippen LogP contribution in [0.3, 0.4) is 0 Å². The van der Waals surface area contributed by atoms with E-state index >= 15 is 0 Å². The molecule has 1 aliphatic rings. The van der Waals surface area contributed by atoms with Crippen LogP contribution in [-0.2, 0) is 6.54 Å². The average molecular weight is 351 g/mol. The van der Waals surface area contributed by atoms with Crippen LogP contribution < -0.4 is 10.5 Å². The first kappa shape index (κ1) is 16.7. The van der Waals surface area contributed by atoms with Crippen LogP contribution in [0.15, 0.2) is 41.2 Å². The zero-order chi connectivity index (χ0) is 18.1. The highest BCUT2D eigenvalue weighted by Gasteiger charge is 2.31. The Kier molecular flexibility index (Phi) is 4.38. The first-order valence-corrected chi connectivity index (χ1v) is 8.86. The molecule has 0 amide bonds. The second-order valence-corrected chi connectivity index (χ2v) is 6.55. The van der Waals surface area contributed by atoms with Gasteiger partial charge in [0.15, 0.2) is 5.82 Å². The molecule has 4 rings (SSSR count). The molecule has 1 aromatic carbocycles. The lowest BCUT2D eigenvalue weighted by molar-refractivity contribution is 0.270. The van der Waals surface area contributed by atoms with Crippen LogP contribution in [-0.4, -0.2) is 38.0 Å². The summed E-state index contributed by atoms with van der Waals surface area (Å²) in [6.07, 6.45) is 1.87. The van der Waals surface area contributed by atoms with Crippen LogP contribution in [0.1, 0.15) is 30.4 Å². The number of anilines is 1. The summed E-state index contributed by atoms with van der Waals surface area (Å²) in [6, 6.07) is 11.2. The molecular formula is C19H21N5O2. The zero-order valence-electron chi connectivity index (χ0n) is 14.7. The number of para-hydroxylation sites is 1. The second kappa shape index (κ2) is 6.84. The van der Waals surface area contributed by atoms with Gasteiger partial charge in [-0.2, -0.15) is 5.10 Å². The molecule has 0 radical (unpaired) electrons. The lowest BCUT2D eigenvalue weighted by atomic mass is 10.1. The monoisotopic (exact) mass is 351 g/mol. The highest BCUT2D eigenvalue weighted by Crippen LogP contribution is 2.34. The highest BCUT2D eigenvalue weighted by molar-refractivity contribution is 5.77. The van der Waals surface area contributed by atoms with Gasteiger partial charge in [0.1, 0.15) is 5.82 Å². The Bertz CT molecular complexity index is 983. The van der Waals surface area contributed by atoms with Crippen molar-refractivity contribution in [2.45, 2.75) is 32.4 Å². The number of fused-ring (bicyclic) bond motifs is 1. The van der Waals surface area contributed by atoms with Crippen molar-refractivity contribution < 1.29 is 5.11 Å². The van der Waals surface area contributed by atoms with E-state index in [2.05, 4.69) is 15.1 Å². The van der Waals surface area contributed by atoms with Crippen LogP contribution in [0.2, 0.25) is 0 Å².